The molecular formula is C11H6F3NO3. The number of aromatic nitrogens is 1. The largest absolute Gasteiger partial charge is 0.506 e. The minimum atomic E-state index is -4.65. The molecule has 1 aromatic carbocycles. The van der Waals surface area contributed by atoms with Crippen LogP contribution in [0.25, 0.3) is 10.9 Å². The van der Waals surface area contributed by atoms with Crippen LogP contribution in [0.3, 0.4) is 0 Å². The Kier molecular flexibility index (Phi) is 2.61. The van der Waals surface area contributed by atoms with Gasteiger partial charge in [-0.25, -0.2) is 9.78 Å². The highest BCUT2D eigenvalue weighted by Gasteiger charge is 2.33. The lowest BCUT2D eigenvalue weighted by Crippen LogP contribution is -2.08. The van der Waals surface area contributed by atoms with E-state index in [-0.39, 0.29) is 16.5 Å². The van der Waals surface area contributed by atoms with Crippen LogP contribution in [0.15, 0.2) is 24.3 Å². The van der Waals surface area contributed by atoms with Crippen molar-refractivity contribution < 1.29 is 28.2 Å². The van der Waals surface area contributed by atoms with Gasteiger partial charge in [-0.2, -0.15) is 13.2 Å². The van der Waals surface area contributed by atoms with Crippen molar-refractivity contribution in [3.05, 3.63) is 35.5 Å². The maximum atomic E-state index is 12.4. The van der Waals surface area contributed by atoms with Crippen LogP contribution in [0.4, 0.5) is 13.2 Å². The fourth-order valence-corrected chi connectivity index (χ4v) is 1.55. The molecule has 0 amide bonds. The third kappa shape index (κ3) is 1.94. The van der Waals surface area contributed by atoms with E-state index in [0.717, 1.165) is 18.2 Å². The first-order chi connectivity index (χ1) is 8.30. The summed E-state index contributed by atoms with van der Waals surface area (Å²) in [5.74, 6) is -1.80. The third-order valence-corrected chi connectivity index (χ3v) is 2.36. The molecule has 0 saturated carbocycles. The maximum absolute atomic E-state index is 12.4. The number of aromatic hydroxyl groups is 1. The van der Waals surface area contributed by atoms with Crippen molar-refractivity contribution in [3.63, 3.8) is 0 Å². The molecule has 0 atom stereocenters. The van der Waals surface area contributed by atoms with E-state index < -0.39 is 23.6 Å². The molecule has 94 valence electrons. The van der Waals surface area contributed by atoms with Crippen LogP contribution in [0.2, 0.25) is 0 Å². The summed E-state index contributed by atoms with van der Waals surface area (Å²) in [7, 11) is 0. The molecule has 0 fully saturated rings. The number of carbonyl (C=O) groups is 1. The number of pyridine rings is 1. The van der Waals surface area contributed by atoms with Crippen molar-refractivity contribution in [3.8, 4) is 5.75 Å². The molecule has 2 aromatic rings. The van der Waals surface area contributed by atoms with E-state index in [1.807, 2.05) is 0 Å². The molecule has 1 heterocycles. The number of carboxylic acids is 1. The predicted molar refractivity (Wildman–Crippen MR) is 55.4 cm³/mol. The van der Waals surface area contributed by atoms with Crippen LogP contribution in [0, 0.1) is 0 Å². The van der Waals surface area contributed by atoms with Gasteiger partial charge in [0.25, 0.3) is 0 Å². The fraction of sp³-hybridized carbons (Fsp3) is 0.0909. The number of fused-ring (bicyclic) bond motifs is 1. The van der Waals surface area contributed by atoms with Crippen LogP contribution >= 0.6 is 0 Å². The fourth-order valence-electron chi connectivity index (χ4n) is 1.55. The van der Waals surface area contributed by atoms with Crippen molar-refractivity contribution in [2.45, 2.75) is 6.18 Å². The number of alkyl halides is 3. The molecule has 4 nitrogen and oxygen atoms in total. The smallest absolute Gasteiger partial charge is 0.433 e. The second-order valence-electron chi connectivity index (χ2n) is 3.53. The number of rotatable bonds is 1. The van der Waals surface area contributed by atoms with Crippen molar-refractivity contribution in [2.24, 2.45) is 0 Å². The predicted octanol–water partition coefficient (Wildman–Crippen LogP) is 2.66. The second kappa shape index (κ2) is 3.86. The topological polar surface area (TPSA) is 70.4 Å². The van der Waals surface area contributed by atoms with Gasteiger partial charge in [-0.05, 0) is 24.3 Å². The normalized spacial score (nSPS) is 11.7. The number of aromatic carboxylic acids is 1. The minimum absolute atomic E-state index is 0.0458. The number of hydrogen-bond acceptors (Lipinski definition) is 3. The maximum Gasteiger partial charge on any atom is 0.433 e. The Labute approximate surface area is 98.3 Å². The summed E-state index contributed by atoms with van der Waals surface area (Å²) in [6, 6.07) is 3.76. The van der Waals surface area contributed by atoms with Gasteiger partial charge in [0.15, 0.2) is 0 Å². The molecule has 0 unspecified atom stereocenters. The molecule has 0 aliphatic heterocycles. The molecule has 0 saturated heterocycles. The highest BCUT2D eigenvalue weighted by atomic mass is 19.4. The minimum Gasteiger partial charge on any atom is -0.506 e. The van der Waals surface area contributed by atoms with E-state index in [9.17, 15) is 23.1 Å². The number of halogens is 3. The lowest BCUT2D eigenvalue weighted by atomic mass is 10.1. The van der Waals surface area contributed by atoms with Crippen LogP contribution in [-0.2, 0) is 6.18 Å². The average molecular weight is 257 g/mol. The number of phenols is 1. The standard InChI is InChI=1S/C11H6F3NO3/c12-11(13,14)8-4-2-5-6(10(17)18)1-3-7(16)9(5)15-8/h1-4,16H,(H,17,18). The summed E-state index contributed by atoms with van der Waals surface area (Å²) in [6.07, 6.45) is -4.65. The molecule has 0 aliphatic carbocycles. The summed E-state index contributed by atoms with van der Waals surface area (Å²) >= 11 is 0. The van der Waals surface area contributed by atoms with E-state index in [1.165, 1.54) is 0 Å². The van der Waals surface area contributed by atoms with Crippen molar-refractivity contribution in [2.75, 3.05) is 0 Å². The molecule has 18 heavy (non-hydrogen) atoms. The quantitative estimate of drug-likeness (QED) is 0.823. The van der Waals surface area contributed by atoms with Gasteiger partial charge < -0.3 is 10.2 Å². The van der Waals surface area contributed by atoms with Gasteiger partial charge in [-0.15, -0.1) is 0 Å². The van der Waals surface area contributed by atoms with Gasteiger partial charge >= 0.3 is 12.1 Å². The SMILES string of the molecule is O=C(O)c1ccc(O)c2nc(C(F)(F)F)ccc12. The number of phenolic OH excluding ortho intramolecular Hbond substituents is 1. The van der Waals surface area contributed by atoms with E-state index in [0.29, 0.717) is 6.07 Å². The molecule has 0 bridgehead atoms. The van der Waals surface area contributed by atoms with Crippen molar-refractivity contribution in [1.82, 2.24) is 4.98 Å². The molecular weight excluding hydrogens is 251 g/mol. The van der Waals surface area contributed by atoms with E-state index in [2.05, 4.69) is 4.98 Å². The summed E-state index contributed by atoms with van der Waals surface area (Å²) in [6.45, 7) is 0. The van der Waals surface area contributed by atoms with E-state index in [4.69, 9.17) is 5.11 Å². The third-order valence-electron chi connectivity index (χ3n) is 2.36. The first kappa shape index (κ1) is 12.2. The molecule has 2 rings (SSSR count). The first-order valence-corrected chi connectivity index (χ1v) is 4.74. The van der Waals surface area contributed by atoms with Crippen molar-refractivity contribution >= 4 is 16.9 Å². The van der Waals surface area contributed by atoms with Crippen LogP contribution in [-0.4, -0.2) is 21.2 Å². The average Bonchev–Trinajstić information content (AvgIpc) is 2.27. The molecule has 0 aliphatic rings. The van der Waals surface area contributed by atoms with E-state index >= 15 is 0 Å². The van der Waals surface area contributed by atoms with Gasteiger partial charge in [0, 0.05) is 5.39 Å². The lowest BCUT2D eigenvalue weighted by Gasteiger charge is -2.09. The number of benzene rings is 1. The zero-order valence-electron chi connectivity index (χ0n) is 8.69. The summed E-state index contributed by atoms with van der Waals surface area (Å²) < 4.78 is 37.3. The van der Waals surface area contributed by atoms with Gasteiger partial charge in [-0.1, -0.05) is 0 Å². The number of nitrogens with zero attached hydrogens (tertiary/aromatic N) is 1. The Hall–Kier alpha value is -2.31. The Morgan fingerprint density at radius 2 is 1.83 bits per heavy atom. The molecule has 0 radical (unpaired) electrons. The Bertz CT molecular complexity index is 637. The Morgan fingerprint density at radius 1 is 1.17 bits per heavy atom. The lowest BCUT2D eigenvalue weighted by molar-refractivity contribution is -0.140. The van der Waals surface area contributed by atoms with Gasteiger partial charge in [0.2, 0.25) is 0 Å². The van der Waals surface area contributed by atoms with E-state index in [1.54, 1.807) is 0 Å². The zero-order chi connectivity index (χ0) is 13.5. The molecule has 7 heteroatoms. The Morgan fingerprint density at radius 3 is 2.39 bits per heavy atom. The van der Waals surface area contributed by atoms with Crippen LogP contribution in [0.1, 0.15) is 16.1 Å². The van der Waals surface area contributed by atoms with Gasteiger partial charge in [0.1, 0.15) is 17.0 Å². The monoisotopic (exact) mass is 257 g/mol. The summed E-state index contributed by atoms with van der Waals surface area (Å²) in [4.78, 5) is 14.1. The number of carboxylic acid groups (broad SMARTS) is 1. The Balaban J connectivity index is 2.78. The van der Waals surface area contributed by atoms with Gasteiger partial charge in [0.05, 0.1) is 5.56 Å². The summed E-state index contributed by atoms with van der Waals surface area (Å²) in [5.41, 5.74) is -1.79. The van der Waals surface area contributed by atoms with Crippen molar-refractivity contribution in [1.29, 1.82) is 0 Å². The van der Waals surface area contributed by atoms with Gasteiger partial charge in [-0.3, -0.25) is 0 Å². The highest BCUT2D eigenvalue weighted by molar-refractivity contribution is 6.04. The zero-order valence-corrected chi connectivity index (χ0v) is 8.69. The number of hydrogen-bond donors (Lipinski definition) is 2. The van der Waals surface area contributed by atoms with Crippen LogP contribution < -0.4 is 0 Å². The summed E-state index contributed by atoms with van der Waals surface area (Å²) in [5, 5.41) is 18.3. The molecule has 0 spiro atoms. The first-order valence-electron chi connectivity index (χ1n) is 4.74. The molecule has 2 N–H and O–H groups in total. The molecule has 1 aromatic heterocycles. The second-order valence-corrected chi connectivity index (χ2v) is 3.53. The highest BCUT2D eigenvalue weighted by Crippen LogP contribution is 2.32. The van der Waals surface area contributed by atoms with Crippen LogP contribution in [0.5, 0.6) is 5.75 Å².